The SMILES string of the molecule is C.CCCCC(CC)COC(=O)/C(=C\c1cc(OC)c(O)c(OC)c1)C(=O)OC(CC)CCCC. The van der Waals surface area contributed by atoms with Gasteiger partial charge in [-0.05, 0) is 49.0 Å². The van der Waals surface area contributed by atoms with Gasteiger partial charge in [-0.3, -0.25) is 0 Å². The van der Waals surface area contributed by atoms with Gasteiger partial charge >= 0.3 is 11.9 Å². The van der Waals surface area contributed by atoms with Crippen LogP contribution in [0.3, 0.4) is 0 Å². The van der Waals surface area contributed by atoms with E-state index < -0.39 is 11.9 Å². The Morgan fingerprint density at radius 1 is 0.914 bits per heavy atom. The van der Waals surface area contributed by atoms with E-state index in [4.69, 9.17) is 18.9 Å². The molecule has 0 spiro atoms. The molecule has 7 heteroatoms. The maximum absolute atomic E-state index is 13.1. The molecule has 0 radical (unpaired) electrons. The van der Waals surface area contributed by atoms with Crippen molar-refractivity contribution in [3.05, 3.63) is 23.3 Å². The van der Waals surface area contributed by atoms with E-state index >= 15 is 0 Å². The number of esters is 2. The van der Waals surface area contributed by atoms with Crippen LogP contribution in [0.5, 0.6) is 17.2 Å². The second-order valence-electron chi connectivity index (χ2n) is 8.42. The third kappa shape index (κ3) is 10.6. The zero-order chi connectivity index (χ0) is 25.5. The van der Waals surface area contributed by atoms with Crippen molar-refractivity contribution in [2.24, 2.45) is 5.92 Å². The molecule has 0 aliphatic rings. The molecule has 1 rings (SSSR count). The Kier molecular flexibility index (Phi) is 16.3. The van der Waals surface area contributed by atoms with Gasteiger partial charge in [-0.25, -0.2) is 9.59 Å². The summed E-state index contributed by atoms with van der Waals surface area (Å²) in [7, 11) is 2.82. The molecule has 0 aliphatic heterocycles. The number of carbonyl (C=O) groups is 2. The molecule has 0 saturated heterocycles. The molecule has 1 aromatic carbocycles. The Morgan fingerprint density at radius 2 is 1.49 bits per heavy atom. The van der Waals surface area contributed by atoms with Crippen molar-refractivity contribution in [3.8, 4) is 17.2 Å². The predicted octanol–water partition coefficient (Wildman–Crippen LogP) is 6.70. The summed E-state index contributed by atoms with van der Waals surface area (Å²) in [6, 6.07) is 3.03. The highest BCUT2D eigenvalue weighted by molar-refractivity contribution is 6.17. The number of phenolic OH excluding ortho intramolecular Hbond substituents is 1. The number of aromatic hydroxyl groups is 1. The molecule has 0 aromatic heterocycles. The molecular weight excluding hydrogens is 448 g/mol. The molecule has 0 saturated carbocycles. The van der Waals surface area contributed by atoms with Crippen molar-refractivity contribution < 1.29 is 33.6 Å². The van der Waals surface area contributed by atoms with Gasteiger partial charge in [-0.15, -0.1) is 0 Å². The van der Waals surface area contributed by atoms with Gasteiger partial charge in [0.25, 0.3) is 0 Å². The first-order valence-electron chi connectivity index (χ1n) is 12.4. The second kappa shape index (κ2) is 17.7. The van der Waals surface area contributed by atoms with E-state index in [9.17, 15) is 14.7 Å². The van der Waals surface area contributed by atoms with Gasteiger partial charge in [0.2, 0.25) is 5.75 Å². The minimum Gasteiger partial charge on any atom is -0.502 e. The van der Waals surface area contributed by atoms with Crippen LogP contribution in [0.15, 0.2) is 17.7 Å². The first-order valence-corrected chi connectivity index (χ1v) is 12.4. The van der Waals surface area contributed by atoms with Crippen LogP contribution in [0, 0.1) is 5.92 Å². The quantitative estimate of drug-likeness (QED) is 0.118. The van der Waals surface area contributed by atoms with E-state index in [0.29, 0.717) is 12.0 Å². The van der Waals surface area contributed by atoms with Crippen LogP contribution in [0.4, 0.5) is 0 Å². The van der Waals surface area contributed by atoms with Gasteiger partial charge in [0.05, 0.1) is 20.8 Å². The highest BCUT2D eigenvalue weighted by atomic mass is 16.6. The van der Waals surface area contributed by atoms with Crippen LogP contribution in [0.1, 0.15) is 92.1 Å². The molecule has 35 heavy (non-hydrogen) atoms. The molecule has 2 unspecified atom stereocenters. The summed E-state index contributed by atoms with van der Waals surface area (Å²) in [4.78, 5) is 26.1. The van der Waals surface area contributed by atoms with E-state index in [0.717, 1.165) is 44.9 Å². The van der Waals surface area contributed by atoms with E-state index in [1.54, 1.807) is 0 Å². The molecule has 7 nitrogen and oxygen atoms in total. The van der Waals surface area contributed by atoms with Gasteiger partial charge in [-0.2, -0.15) is 0 Å². The molecule has 0 amide bonds. The van der Waals surface area contributed by atoms with Crippen LogP contribution < -0.4 is 9.47 Å². The lowest BCUT2D eigenvalue weighted by Gasteiger charge is -2.18. The Labute approximate surface area is 211 Å². The standard InChI is InChI=1S/C27H42O7.CH4/c1-7-11-13-19(9-3)18-33-26(29)22(27(30)34-21(10-4)14-12-8-2)15-20-16-23(31-5)25(28)24(17-20)32-6;/h15-17,19,21,28H,7-14,18H2,1-6H3;1H4/b22-15+;. The van der Waals surface area contributed by atoms with Crippen LogP contribution in [0.25, 0.3) is 6.08 Å². The van der Waals surface area contributed by atoms with Crippen LogP contribution in [-0.2, 0) is 19.1 Å². The van der Waals surface area contributed by atoms with Gasteiger partial charge < -0.3 is 24.1 Å². The van der Waals surface area contributed by atoms with E-state index in [2.05, 4.69) is 20.8 Å². The number of rotatable bonds is 16. The number of unbranched alkanes of at least 4 members (excludes halogenated alkanes) is 2. The average molecular weight is 495 g/mol. The lowest BCUT2D eigenvalue weighted by molar-refractivity contribution is -0.151. The zero-order valence-corrected chi connectivity index (χ0v) is 21.6. The summed E-state index contributed by atoms with van der Waals surface area (Å²) in [6.45, 7) is 8.46. The molecule has 0 fully saturated rings. The highest BCUT2D eigenvalue weighted by Crippen LogP contribution is 2.37. The fraction of sp³-hybridized carbons (Fsp3) is 0.643. The summed E-state index contributed by atoms with van der Waals surface area (Å²) in [5, 5.41) is 10.2. The number of hydrogen-bond acceptors (Lipinski definition) is 7. The van der Waals surface area contributed by atoms with E-state index in [1.165, 1.54) is 32.4 Å². The minimum absolute atomic E-state index is 0. The molecule has 0 heterocycles. The van der Waals surface area contributed by atoms with Gasteiger partial charge in [0.1, 0.15) is 11.7 Å². The normalized spacial score (nSPS) is 12.8. The zero-order valence-electron chi connectivity index (χ0n) is 21.6. The van der Waals surface area contributed by atoms with Crippen molar-refractivity contribution in [3.63, 3.8) is 0 Å². The molecule has 0 aliphatic carbocycles. The van der Waals surface area contributed by atoms with Crippen molar-refractivity contribution in [1.82, 2.24) is 0 Å². The molecule has 0 bridgehead atoms. The first-order chi connectivity index (χ1) is 16.3. The van der Waals surface area contributed by atoms with Crippen molar-refractivity contribution in [2.45, 2.75) is 92.6 Å². The van der Waals surface area contributed by atoms with Crippen molar-refractivity contribution in [2.75, 3.05) is 20.8 Å². The van der Waals surface area contributed by atoms with Gasteiger partial charge in [0, 0.05) is 0 Å². The van der Waals surface area contributed by atoms with Gasteiger partial charge in [0.15, 0.2) is 11.5 Å². The van der Waals surface area contributed by atoms with Crippen molar-refractivity contribution >= 4 is 18.0 Å². The molecule has 1 aromatic rings. The maximum atomic E-state index is 13.1. The highest BCUT2D eigenvalue weighted by Gasteiger charge is 2.25. The average Bonchev–Trinajstić information content (AvgIpc) is 2.85. The minimum atomic E-state index is -0.726. The number of methoxy groups -OCH3 is 2. The van der Waals surface area contributed by atoms with E-state index in [1.807, 2.05) is 6.92 Å². The van der Waals surface area contributed by atoms with Gasteiger partial charge in [-0.1, -0.05) is 67.2 Å². The van der Waals surface area contributed by atoms with Crippen molar-refractivity contribution in [1.29, 1.82) is 0 Å². The summed E-state index contributed by atoms with van der Waals surface area (Å²) in [5.41, 5.74) is 0.241. The van der Waals surface area contributed by atoms with Crippen LogP contribution >= 0.6 is 0 Å². The van der Waals surface area contributed by atoms with Crippen LogP contribution in [-0.4, -0.2) is 44.0 Å². The lowest BCUT2D eigenvalue weighted by atomic mass is 10.0. The number of carbonyl (C=O) groups excluding carboxylic acids is 2. The second-order valence-corrected chi connectivity index (χ2v) is 8.42. The fourth-order valence-corrected chi connectivity index (χ4v) is 3.53. The molecular formula is C28H46O7. The third-order valence-electron chi connectivity index (χ3n) is 5.86. The summed E-state index contributed by atoms with van der Waals surface area (Å²) in [6.07, 6.45) is 8.41. The number of phenols is 1. The Balaban J connectivity index is 0.0000116. The Hall–Kier alpha value is -2.70. The molecule has 2 atom stereocenters. The fourth-order valence-electron chi connectivity index (χ4n) is 3.53. The number of benzene rings is 1. The first kappa shape index (κ1) is 32.3. The Morgan fingerprint density at radius 3 is 1.97 bits per heavy atom. The Bertz CT molecular complexity index is 775. The largest absolute Gasteiger partial charge is 0.502 e. The maximum Gasteiger partial charge on any atom is 0.345 e. The predicted molar refractivity (Wildman–Crippen MR) is 140 cm³/mol. The monoisotopic (exact) mass is 494 g/mol. The van der Waals surface area contributed by atoms with Crippen LogP contribution in [0.2, 0.25) is 0 Å². The van der Waals surface area contributed by atoms with E-state index in [-0.39, 0.29) is 48.9 Å². The molecule has 1 N–H and O–H groups in total. The molecule has 200 valence electrons. The number of ether oxygens (including phenoxy) is 4. The number of hydrogen-bond donors (Lipinski definition) is 1. The third-order valence-corrected chi connectivity index (χ3v) is 5.86. The summed E-state index contributed by atoms with van der Waals surface area (Å²) >= 11 is 0. The lowest BCUT2D eigenvalue weighted by Crippen LogP contribution is -2.25. The summed E-state index contributed by atoms with van der Waals surface area (Å²) in [5.74, 6) is -1.06. The smallest absolute Gasteiger partial charge is 0.345 e. The topological polar surface area (TPSA) is 91.3 Å². The summed E-state index contributed by atoms with van der Waals surface area (Å²) < 4.78 is 21.6.